The van der Waals surface area contributed by atoms with Crippen molar-refractivity contribution in [2.45, 2.75) is 83.8 Å². The Bertz CT molecular complexity index is 1100. The van der Waals surface area contributed by atoms with Gasteiger partial charge in [-0.1, -0.05) is 18.6 Å². The van der Waals surface area contributed by atoms with E-state index in [1.54, 1.807) is 0 Å². The van der Waals surface area contributed by atoms with Crippen LogP contribution in [0.3, 0.4) is 0 Å². The van der Waals surface area contributed by atoms with Crippen LogP contribution in [0.2, 0.25) is 0 Å². The van der Waals surface area contributed by atoms with Gasteiger partial charge in [0.25, 0.3) is 0 Å². The van der Waals surface area contributed by atoms with Crippen LogP contribution in [0.5, 0.6) is 0 Å². The second-order valence-corrected chi connectivity index (χ2v) is 12.5. The monoisotopic (exact) mass is 466 g/mol. The number of hydrogen-bond acceptors (Lipinski definition) is 3. The van der Waals surface area contributed by atoms with Crippen molar-refractivity contribution in [1.29, 1.82) is 0 Å². The highest BCUT2D eigenvalue weighted by Crippen LogP contribution is 2.64. The number of hydrogen-bond donors (Lipinski definition) is 1. The van der Waals surface area contributed by atoms with Gasteiger partial charge in [-0.05, 0) is 112 Å². The maximum absolute atomic E-state index is 13.7. The molecular formula is C29H39FN2O2. The Morgan fingerprint density at radius 1 is 1.12 bits per heavy atom. The van der Waals surface area contributed by atoms with E-state index in [1.807, 2.05) is 10.9 Å². The fourth-order valence-corrected chi connectivity index (χ4v) is 9.20. The first kappa shape index (κ1) is 22.7. The molecule has 6 rings (SSSR count). The number of nitrogens with zero attached hydrogens (tertiary/aromatic N) is 2. The van der Waals surface area contributed by atoms with E-state index in [9.17, 15) is 14.3 Å². The zero-order valence-electron chi connectivity index (χ0n) is 20.7. The minimum absolute atomic E-state index is 0.0962. The first-order chi connectivity index (χ1) is 16.3. The summed E-state index contributed by atoms with van der Waals surface area (Å²) in [6, 6.07) is 6.31. The molecule has 34 heavy (non-hydrogen) atoms. The largest absolute Gasteiger partial charge is 0.387 e. The van der Waals surface area contributed by atoms with Crippen LogP contribution in [-0.2, 0) is 11.3 Å². The predicted octanol–water partition coefficient (Wildman–Crippen LogP) is 5.88. The van der Waals surface area contributed by atoms with E-state index in [0.717, 1.165) is 36.6 Å². The van der Waals surface area contributed by atoms with E-state index in [1.165, 1.54) is 24.8 Å². The van der Waals surface area contributed by atoms with Crippen molar-refractivity contribution in [2.75, 3.05) is 6.67 Å². The summed E-state index contributed by atoms with van der Waals surface area (Å²) in [5.41, 5.74) is 1.28. The van der Waals surface area contributed by atoms with Crippen molar-refractivity contribution in [3.8, 4) is 0 Å². The van der Waals surface area contributed by atoms with E-state index in [4.69, 9.17) is 0 Å². The summed E-state index contributed by atoms with van der Waals surface area (Å²) in [5, 5.41) is 16.2. The van der Waals surface area contributed by atoms with Gasteiger partial charge in [-0.3, -0.25) is 9.48 Å². The maximum Gasteiger partial charge on any atom is 0.157 e. The third-order valence-electron chi connectivity index (χ3n) is 10.8. The zero-order chi connectivity index (χ0) is 23.7. The first-order valence-electron chi connectivity index (χ1n) is 13.5. The lowest BCUT2D eigenvalue weighted by Gasteiger charge is -2.56. The van der Waals surface area contributed by atoms with Crippen LogP contribution in [0.25, 0.3) is 10.9 Å². The average molecular weight is 467 g/mol. The number of aromatic nitrogens is 2. The Morgan fingerprint density at radius 2 is 1.94 bits per heavy atom. The Balaban J connectivity index is 1.18. The van der Waals surface area contributed by atoms with Gasteiger partial charge in [-0.25, -0.2) is 4.39 Å². The molecule has 1 aromatic carbocycles. The van der Waals surface area contributed by atoms with Gasteiger partial charge >= 0.3 is 0 Å². The second kappa shape index (κ2) is 8.15. The fraction of sp³-hybridized carbons (Fsp3) is 0.724. The number of carbonyl (C=O) groups excluding carboxylic acids is 1. The number of rotatable bonds is 4. The molecule has 184 valence electrons. The standard InChI is InChI=1S/C29H39FN2O2/c1-18-3-8-26-20(13-18)15-31-32(26)16-27(33)25-7-6-24-23-5-4-19-14-29(34,17-30)12-10-21(19)22(23)9-11-28(24,25)2/h3,8,13,15,19,21-25,34H,4-7,9-12,14,16-17H2,1-2H3/t19-,21+,22-,23-,24+,25-,28+,29-/m1/s1. The van der Waals surface area contributed by atoms with E-state index in [-0.39, 0.29) is 11.3 Å². The van der Waals surface area contributed by atoms with Crippen molar-refractivity contribution in [1.82, 2.24) is 9.78 Å². The minimum atomic E-state index is -1.07. The van der Waals surface area contributed by atoms with Gasteiger partial charge in [0.05, 0.1) is 17.3 Å². The van der Waals surface area contributed by atoms with E-state index < -0.39 is 12.3 Å². The molecule has 0 unspecified atom stereocenters. The molecule has 0 spiro atoms. The summed E-state index contributed by atoms with van der Waals surface area (Å²) in [6.07, 6.45) is 10.9. The molecule has 0 saturated heterocycles. The molecule has 8 atom stereocenters. The summed E-state index contributed by atoms with van der Waals surface area (Å²) in [7, 11) is 0. The molecule has 4 fully saturated rings. The van der Waals surface area contributed by atoms with Gasteiger partial charge in [0.2, 0.25) is 0 Å². The number of Topliss-reactive ketones (excluding diaryl/α,β-unsaturated/α-hetero) is 1. The van der Waals surface area contributed by atoms with Crippen molar-refractivity contribution < 1.29 is 14.3 Å². The molecule has 4 aliphatic rings. The Morgan fingerprint density at radius 3 is 2.76 bits per heavy atom. The van der Waals surface area contributed by atoms with Gasteiger partial charge in [0.15, 0.2) is 5.78 Å². The summed E-state index contributed by atoms with van der Waals surface area (Å²) in [6.45, 7) is 4.27. The van der Waals surface area contributed by atoms with Crippen LogP contribution < -0.4 is 0 Å². The number of alkyl halides is 1. The van der Waals surface area contributed by atoms with Crippen molar-refractivity contribution in [3.63, 3.8) is 0 Å². The van der Waals surface area contributed by atoms with Crippen LogP contribution in [0, 0.1) is 47.8 Å². The smallest absolute Gasteiger partial charge is 0.157 e. The second-order valence-electron chi connectivity index (χ2n) is 12.5. The number of carbonyl (C=O) groups is 1. The number of halogens is 1. The molecule has 1 aromatic heterocycles. The van der Waals surface area contributed by atoms with Crippen molar-refractivity contribution in [3.05, 3.63) is 30.0 Å². The van der Waals surface area contributed by atoms with Crippen LogP contribution >= 0.6 is 0 Å². The predicted molar refractivity (Wildman–Crippen MR) is 131 cm³/mol. The lowest BCUT2D eigenvalue weighted by Crippen LogP contribution is -2.52. The Hall–Kier alpha value is -1.75. The minimum Gasteiger partial charge on any atom is -0.387 e. The SMILES string of the molecule is Cc1ccc2c(cnn2CC(=O)[C@H]2CC[C@H]3[C@@H]4CC[C@@H]5C[C@@](O)(CF)CC[C@@H]5[C@H]4CC[C@]23C)c1. The normalized spacial score (nSPS) is 41.6. The summed E-state index contributed by atoms with van der Waals surface area (Å²) >= 11 is 0. The van der Waals surface area contributed by atoms with Crippen molar-refractivity contribution >= 4 is 16.7 Å². The molecule has 0 aliphatic heterocycles. The Labute approximate surface area is 202 Å². The fourth-order valence-electron chi connectivity index (χ4n) is 9.20. The molecule has 1 N–H and O–H groups in total. The number of ketones is 1. The zero-order valence-corrected chi connectivity index (χ0v) is 20.7. The number of aliphatic hydroxyl groups is 1. The molecule has 0 radical (unpaired) electrons. The van der Waals surface area contributed by atoms with Gasteiger partial charge in [0.1, 0.15) is 13.2 Å². The lowest BCUT2D eigenvalue weighted by atomic mass is 9.49. The molecule has 0 amide bonds. The highest BCUT2D eigenvalue weighted by atomic mass is 19.1. The molecule has 4 nitrogen and oxygen atoms in total. The summed E-state index contributed by atoms with van der Waals surface area (Å²) in [4.78, 5) is 13.7. The molecule has 2 aromatic rings. The van der Waals surface area contributed by atoms with Gasteiger partial charge < -0.3 is 5.11 Å². The summed E-state index contributed by atoms with van der Waals surface area (Å²) in [5.74, 6) is 3.63. The van der Waals surface area contributed by atoms with Crippen LogP contribution in [0.1, 0.15) is 70.3 Å². The number of aryl methyl sites for hydroxylation is 1. The van der Waals surface area contributed by atoms with Gasteiger partial charge in [0, 0.05) is 11.3 Å². The quantitative estimate of drug-likeness (QED) is 0.612. The van der Waals surface area contributed by atoms with Gasteiger partial charge in [-0.15, -0.1) is 0 Å². The third-order valence-corrected chi connectivity index (χ3v) is 10.8. The Kier molecular flexibility index (Phi) is 5.44. The van der Waals surface area contributed by atoms with E-state index >= 15 is 0 Å². The van der Waals surface area contributed by atoms with E-state index in [0.29, 0.717) is 54.8 Å². The highest BCUT2D eigenvalue weighted by Gasteiger charge is 2.59. The van der Waals surface area contributed by atoms with Crippen molar-refractivity contribution in [2.24, 2.45) is 40.9 Å². The average Bonchev–Trinajstić information content (AvgIpc) is 3.38. The molecule has 5 heteroatoms. The van der Waals surface area contributed by atoms with Gasteiger partial charge in [-0.2, -0.15) is 5.10 Å². The maximum atomic E-state index is 13.7. The first-order valence-corrected chi connectivity index (χ1v) is 13.5. The third kappa shape index (κ3) is 3.48. The number of fused-ring (bicyclic) bond motifs is 6. The lowest BCUT2D eigenvalue weighted by molar-refractivity contribution is -0.134. The molecule has 0 bridgehead atoms. The van der Waals surface area contributed by atoms with Crippen LogP contribution in [0.15, 0.2) is 24.4 Å². The molecule has 4 saturated carbocycles. The van der Waals surface area contributed by atoms with Crippen LogP contribution in [0.4, 0.5) is 4.39 Å². The molecule has 4 aliphatic carbocycles. The van der Waals surface area contributed by atoms with E-state index in [2.05, 4.69) is 37.1 Å². The highest BCUT2D eigenvalue weighted by molar-refractivity contribution is 5.85. The topological polar surface area (TPSA) is 55.1 Å². The molecular weight excluding hydrogens is 427 g/mol. The van der Waals surface area contributed by atoms with Crippen LogP contribution in [-0.4, -0.2) is 32.9 Å². The summed E-state index contributed by atoms with van der Waals surface area (Å²) < 4.78 is 15.4. The molecule has 1 heterocycles. The number of benzene rings is 1.